The maximum Gasteiger partial charge on any atom is 0.416 e. The Labute approximate surface area is 209 Å². The predicted molar refractivity (Wildman–Crippen MR) is 131 cm³/mol. The van der Waals surface area contributed by atoms with E-state index in [2.05, 4.69) is 10.3 Å². The van der Waals surface area contributed by atoms with Gasteiger partial charge in [-0.1, -0.05) is 12.1 Å². The highest BCUT2D eigenvalue weighted by Gasteiger charge is 2.30. The lowest BCUT2D eigenvalue weighted by atomic mass is 10.1. The SMILES string of the molecule is COc1ccc(NC(=O)c2csc(-c3ccc(OCc4cccc(C(F)(F)F)c4)cc3)n2)c(OC)c1. The van der Waals surface area contributed by atoms with Crippen molar-refractivity contribution < 1.29 is 32.2 Å². The number of aromatic nitrogens is 1. The van der Waals surface area contributed by atoms with Crippen LogP contribution in [0, 0.1) is 0 Å². The first-order valence-corrected chi connectivity index (χ1v) is 11.5. The molecule has 1 aromatic heterocycles. The van der Waals surface area contributed by atoms with Gasteiger partial charge in [-0.15, -0.1) is 11.3 Å². The van der Waals surface area contributed by atoms with E-state index in [-0.39, 0.29) is 18.2 Å². The van der Waals surface area contributed by atoms with Crippen molar-refractivity contribution in [1.29, 1.82) is 0 Å². The molecule has 1 heterocycles. The van der Waals surface area contributed by atoms with E-state index >= 15 is 0 Å². The Morgan fingerprint density at radius 2 is 1.72 bits per heavy atom. The zero-order valence-corrected chi connectivity index (χ0v) is 20.1. The van der Waals surface area contributed by atoms with E-state index in [1.54, 1.807) is 61.0 Å². The second kappa shape index (κ2) is 10.7. The number of anilines is 1. The molecule has 0 aliphatic rings. The van der Waals surface area contributed by atoms with Crippen LogP contribution < -0.4 is 19.5 Å². The molecule has 0 fully saturated rings. The maximum absolute atomic E-state index is 12.9. The largest absolute Gasteiger partial charge is 0.497 e. The lowest BCUT2D eigenvalue weighted by Crippen LogP contribution is -2.13. The summed E-state index contributed by atoms with van der Waals surface area (Å²) in [6.07, 6.45) is -4.40. The number of thiazole rings is 1. The molecule has 0 aliphatic heterocycles. The van der Waals surface area contributed by atoms with Crippen molar-refractivity contribution >= 4 is 22.9 Å². The number of amides is 1. The minimum absolute atomic E-state index is 0.000336. The van der Waals surface area contributed by atoms with E-state index in [1.807, 2.05) is 0 Å². The molecule has 0 radical (unpaired) electrons. The highest BCUT2D eigenvalue weighted by atomic mass is 32.1. The Morgan fingerprint density at radius 3 is 2.42 bits per heavy atom. The fraction of sp³-hybridized carbons (Fsp3) is 0.154. The predicted octanol–water partition coefficient (Wildman–Crippen LogP) is 6.68. The molecule has 10 heteroatoms. The van der Waals surface area contributed by atoms with Gasteiger partial charge >= 0.3 is 6.18 Å². The molecule has 0 saturated heterocycles. The van der Waals surface area contributed by atoms with Crippen LogP contribution in [0.3, 0.4) is 0 Å². The molecule has 36 heavy (non-hydrogen) atoms. The number of nitrogens with zero attached hydrogens (tertiary/aromatic N) is 1. The molecular formula is C26H21F3N2O4S. The Balaban J connectivity index is 1.40. The summed E-state index contributed by atoms with van der Waals surface area (Å²) in [6.45, 7) is -0.000336. The average molecular weight is 515 g/mol. The van der Waals surface area contributed by atoms with Gasteiger partial charge in [0.15, 0.2) is 0 Å². The summed E-state index contributed by atoms with van der Waals surface area (Å²) in [5, 5.41) is 5.07. The molecule has 1 amide bonds. The van der Waals surface area contributed by atoms with Gasteiger partial charge in [0.1, 0.15) is 34.6 Å². The highest BCUT2D eigenvalue weighted by molar-refractivity contribution is 7.13. The van der Waals surface area contributed by atoms with E-state index in [0.717, 1.165) is 17.7 Å². The third-order valence-corrected chi connectivity index (χ3v) is 6.05. The molecule has 0 atom stereocenters. The van der Waals surface area contributed by atoms with Crippen molar-refractivity contribution in [3.05, 3.63) is 88.9 Å². The summed E-state index contributed by atoms with van der Waals surface area (Å²) in [4.78, 5) is 17.1. The van der Waals surface area contributed by atoms with Crippen molar-refractivity contribution in [2.24, 2.45) is 0 Å². The number of halogens is 3. The molecule has 4 aromatic rings. The molecule has 4 rings (SSSR count). The van der Waals surface area contributed by atoms with Crippen LogP contribution in [-0.2, 0) is 12.8 Å². The van der Waals surface area contributed by atoms with Gasteiger partial charge in [-0.05, 0) is 54.1 Å². The van der Waals surface area contributed by atoms with Crippen LogP contribution in [0.5, 0.6) is 17.2 Å². The van der Waals surface area contributed by atoms with Crippen molar-refractivity contribution in [3.63, 3.8) is 0 Å². The average Bonchev–Trinajstić information content (AvgIpc) is 3.38. The van der Waals surface area contributed by atoms with Crippen molar-refractivity contribution in [2.45, 2.75) is 12.8 Å². The lowest BCUT2D eigenvalue weighted by Gasteiger charge is -2.11. The zero-order chi connectivity index (χ0) is 25.7. The second-order valence-corrected chi connectivity index (χ2v) is 8.43. The molecule has 0 spiro atoms. The van der Waals surface area contributed by atoms with Crippen molar-refractivity contribution in [2.75, 3.05) is 19.5 Å². The second-order valence-electron chi connectivity index (χ2n) is 7.57. The minimum atomic E-state index is -4.40. The smallest absolute Gasteiger partial charge is 0.416 e. The van der Waals surface area contributed by atoms with Crippen molar-refractivity contribution in [3.8, 4) is 27.8 Å². The molecular weight excluding hydrogens is 493 g/mol. The first-order valence-electron chi connectivity index (χ1n) is 10.6. The van der Waals surface area contributed by atoms with Gasteiger partial charge in [0.05, 0.1) is 25.5 Å². The number of rotatable bonds is 8. The number of methoxy groups -OCH3 is 2. The highest BCUT2D eigenvalue weighted by Crippen LogP contribution is 2.31. The van der Waals surface area contributed by atoms with Gasteiger partial charge in [-0.3, -0.25) is 4.79 Å². The molecule has 6 nitrogen and oxygen atoms in total. The summed E-state index contributed by atoms with van der Waals surface area (Å²) >= 11 is 1.31. The van der Waals surface area contributed by atoms with Gasteiger partial charge in [-0.2, -0.15) is 13.2 Å². The van der Waals surface area contributed by atoms with E-state index in [0.29, 0.717) is 33.5 Å². The first-order chi connectivity index (χ1) is 17.3. The lowest BCUT2D eigenvalue weighted by molar-refractivity contribution is -0.137. The molecule has 3 aromatic carbocycles. The maximum atomic E-state index is 12.9. The van der Waals surface area contributed by atoms with Gasteiger partial charge in [0.25, 0.3) is 5.91 Å². The van der Waals surface area contributed by atoms with E-state index in [4.69, 9.17) is 14.2 Å². The number of benzene rings is 3. The topological polar surface area (TPSA) is 69.7 Å². The summed E-state index contributed by atoms with van der Waals surface area (Å²) in [7, 11) is 3.04. The van der Waals surface area contributed by atoms with Gasteiger partial charge in [-0.25, -0.2) is 4.98 Å². The minimum Gasteiger partial charge on any atom is -0.497 e. The first kappa shape index (κ1) is 25.1. The molecule has 0 saturated carbocycles. The number of carbonyl (C=O) groups is 1. The van der Waals surface area contributed by atoms with Gasteiger partial charge < -0.3 is 19.5 Å². The molecule has 1 N–H and O–H groups in total. The fourth-order valence-electron chi connectivity index (χ4n) is 3.30. The molecule has 0 bridgehead atoms. The summed E-state index contributed by atoms with van der Waals surface area (Å²) in [5.41, 5.74) is 1.20. The third kappa shape index (κ3) is 5.95. The van der Waals surface area contributed by atoms with Crippen molar-refractivity contribution in [1.82, 2.24) is 4.98 Å². The normalized spacial score (nSPS) is 11.1. The Bertz CT molecular complexity index is 1350. The van der Waals surface area contributed by atoms with Crippen LogP contribution in [0.1, 0.15) is 21.6 Å². The molecule has 0 aliphatic carbocycles. The number of ether oxygens (including phenoxy) is 3. The van der Waals surface area contributed by atoms with Gasteiger partial charge in [0, 0.05) is 17.0 Å². The van der Waals surface area contributed by atoms with Crippen LogP contribution >= 0.6 is 11.3 Å². The summed E-state index contributed by atoms with van der Waals surface area (Å²) in [5.74, 6) is 1.17. The summed E-state index contributed by atoms with van der Waals surface area (Å²) in [6, 6.07) is 17.0. The van der Waals surface area contributed by atoms with E-state index < -0.39 is 11.7 Å². The van der Waals surface area contributed by atoms with Crippen LogP contribution in [0.4, 0.5) is 18.9 Å². The zero-order valence-electron chi connectivity index (χ0n) is 19.3. The van der Waals surface area contributed by atoms with Crippen LogP contribution in [0.25, 0.3) is 10.6 Å². The number of carbonyl (C=O) groups excluding carboxylic acids is 1. The van der Waals surface area contributed by atoms with Crippen LogP contribution in [0.15, 0.2) is 72.1 Å². The quantitative estimate of drug-likeness (QED) is 0.284. The monoisotopic (exact) mass is 514 g/mol. The Hall–Kier alpha value is -4.05. The number of hydrogen-bond donors (Lipinski definition) is 1. The Kier molecular flexibility index (Phi) is 7.44. The van der Waals surface area contributed by atoms with Crippen LogP contribution in [0.2, 0.25) is 0 Å². The Morgan fingerprint density at radius 1 is 0.972 bits per heavy atom. The third-order valence-electron chi connectivity index (χ3n) is 5.15. The molecule has 0 unspecified atom stereocenters. The standard InChI is InChI=1S/C26H21F3N2O4S/c1-33-20-10-11-21(23(13-20)34-2)30-24(32)22-15-36-25(31-22)17-6-8-19(9-7-17)35-14-16-4-3-5-18(12-16)26(27,28)29/h3-13,15H,14H2,1-2H3,(H,30,32). The number of nitrogens with one attached hydrogen (secondary N) is 1. The van der Waals surface area contributed by atoms with Gasteiger partial charge in [0.2, 0.25) is 0 Å². The number of hydrogen-bond acceptors (Lipinski definition) is 6. The van der Waals surface area contributed by atoms with Crippen LogP contribution in [-0.4, -0.2) is 25.1 Å². The summed E-state index contributed by atoms with van der Waals surface area (Å²) < 4.78 is 54.7. The number of alkyl halides is 3. The fourth-order valence-corrected chi connectivity index (χ4v) is 4.10. The van der Waals surface area contributed by atoms with E-state index in [1.165, 1.54) is 24.5 Å². The van der Waals surface area contributed by atoms with E-state index in [9.17, 15) is 18.0 Å². The molecule has 186 valence electrons.